The summed E-state index contributed by atoms with van der Waals surface area (Å²) in [4.78, 5) is 11.3. The third-order valence-electron chi connectivity index (χ3n) is 1.75. The quantitative estimate of drug-likeness (QED) is 0.379. The average molecular weight is 184 g/mol. The Labute approximate surface area is 78.7 Å². The van der Waals surface area contributed by atoms with Crippen LogP contribution in [0.1, 0.15) is 27.2 Å². The fraction of sp³-hybridized carbons (Fsp3) is 0.700. The van der Waals surface area contributed by atoms with Gasteiger partial charge in [0.25, 0.3) is 0 Å². The third kappa shape index (κ3) is 4.08. The van der Waals surface area contributed by atoms with E-state index in [0.29, 0.717) is 11.7 Å². The Kier molecular flexibility index (Phi) is 3.48. The lowest BCUT2D eigenvalue weighted by Gasteiger charge is -2.07. The zero-order valence-electron chi connectivity index (χ0n) is 8.37. The molecule has 0 aromatic rings. The molecule has 3 heteroatoms. The Morgan fingerprint density at radius 2 is 2.31 bits per heavy atom. The SMILES string of the molecule is CC(=CCC1CO1)C(=O)OC(C)C. The lowest BCUT2D eigenvalue weighted by molar-refractivity contribution is -0.142. The van der Waals surface area contributed by atoms with E-state index >= 15 is 0 Å². The van der Waals surface area contributed by atoms with Crippen molar-refractivity contribution < 1.29 is 14.3 Å². The van der Waals surface area contributed by atoms with Gasteiger partial charge in [0.05, 0.1) is 18.8 Å². The van der Waals surface area contributed by atoms with Crippen molar-refractivity contribution in [3.63, 3.8) is 0 Å². The highest BCUT2D eigenvalue weighted by atomic mass is 16.6. The van der Waals surface area contributed by atoms with Gasteiger partial charge in [0.2, 0.25) is 0 Å². The molecule has 0 bridgehead atoms. The van der Waals surface area contributed by atoms with Gasteiger partial charge in [-0.3, -0.25) is 0 Å². The fourth-order valence-corrected chi connectivity index (χ4v) is 0.903. The van der Waals surface area contributed by atoms with E-state index in [1.165, 1.54) is 0 Å². The van der Waals surface area contributed by atoms with Crippen molar-refractivity contribution in [2.24, 2.45) is 0 Å². The molecule has 1 fully saturated rings. The lowest BCUT2D eigenvalue weighted by Crippen LogP contribution is -2.12. The maximum Gasteiger partial charge on any atom is 0.333 e. The molecule has 1 atom stereocenters. The van der Waals surface area contributed by atoms with Gasteiger partial charge in [0.1, 0.15) is 0 Å². The number of epoxide rings is 1. The van der Waals surface area contributed by atoms with E-state index in [4.69, 9.17) is 9.47 Å². The molecule has 0 spiro atoms. The van der Waals surface area contributed by atoms with E-state index in [2.05, 4.69) is 0 Å². The molecule has 0 N–H and O–H groups in total. The molecule has 0 radical (unpaired) electrons. The average Bonchev–Trinajstić information content (AvgIpc) is 2.81. The summed E-state index contributed by atoms with van der Waals surface area (Å²) in [6.45, 7) is 6.28. The van der Waals surface area contributed by atoms with E-state index in [1.807, 2.05) is 19.9 Å². The largest absolute Gasteiger partial charge is 0.460 e. The molecule has 1 heterocycles. The van der Waals surface area contributed by atoms with E-state index < -0.39 is 0 Å². The molecule has 1 saturated heterocycles. The first kappa shape index (κ1) is 10.3. The van der Waals surface area contributed by atoms with Crippen LogP contribution in [0.5, 0.6) is 0 Å². The van der Waals surface area contributed by atoms with Gasteiger partial charge in [0, 0.05) is 5.57 Å². The Morgan fingerprint density at radius 1 is 1.69 bits per heavy atom. The second-order valence-corrected chi connectivity index (χ2v) is 3.53. The van der Waals surface area contributed by atoms with Crippen molar-refractivity contribution in [1.29, 1.82) is 0 Å². The predicted molar refractivity (Wildman–Crippen MR) is 49.3 cm³/mol. The molecule has 0 aromatic carbocycles. The summed E-state index contributed by atoms with van der Waals surface area (Å²) in [6.07, 6.45) is 2.98. The molecule has 1 rings (SSSR count). The molecule has 1 aliphatic heterocycles. The minimum atomic E-state index is -0.226. The summed E-state index contributed by atoms with van der Waals surface area (Å²) in [5, 5.41) is 0. The summed E-state index contributed by atoms with van der Waals surface area (Å²) in [6, 6.07) is 0. The summed E-state index contributed by atoms with van der Waals surface area (Å²) in [7, 11) is 0. The van der Waals surface area contributed by atoms with Crippen molar-refractivity contribution in [2.45, 2.75) is 39.4 Å². The Morgan fingerprint density at radius 3 is 2.77 bits per heavy atom. The van der Waals surface area contributed by atoms with Crippen molar-refractivity contribution >= 4 is 5.97 Å². The van der Waals surface area contributed by atoms with Crippen molar-refractivity contribution in [3.05, 3.63) is 11.6 Å². The van der Waals surface area contributed by atoms with Gasteiger partial charge >= 0.3 is 5.97 Å². The van der Waals surface area contributed by atoms with Gasteiger partial charge in [-0.2, -0.15) is 0 Å². The Balaban J connectivity index is 2.30. The molecule has 1 aliphatic rings. The summed E-state index contributed by atoms with van der Waals surface area (Å²) >= 11 is 0. The highest BCUT2D eigenvalue weighted by Gasteiger charge is 2.21. The zero-order chi connectivity index (χ0) is 9.84. The first-order valence-corrected chi connectivity index (χ1v) is 4.59. The zero-order valence-corrected chi connectivity index (χ0v) is 8.37. The molecule has 0 aliphatic carbocycles. The molecular formula is C10H16O3. The van der Waals surface area contributed by atoms with Gasteiger partial charge in [-0.1, -0.05) is 6.08 Å². The van der Waals surface area contributed by atoms with Crippen LogP contribution in [0.4, 0.5) is 0 Å². The smallest absolute Gasteiger partial charge is 0.333 e. The Hall–Kier alpha value is -0.830. The van der Waals surface area contributed by atoms with Crippen LogP contribution in [0.3, 0.4) is 0 Å². The van der Waals surface area contributed by atoms with Crippen LogP contribution in [0.25, 0.3) is 0 Å². The van der Waals surface area contributed by atoms with Crippen LogP contribution in [-0.2, 0) is 14.3 Å². The van der Waals surface area contributed by atoms with E-state index in [1.54, 1.807) is 6.92 Å². The predicted octanol–water partition coefficient (Wildman–Crippen LogP) is 1.67. The van der Waals surface area contributed by atoms with Crippen molar-refractivity contribution in [3.8, 4) is 0 Å². The fourth-order valence-electron chi connectivity index (χ4n) is 0.903. The van der Waals surface area contributed by atoms with Gasteiger partial charge < -0.3 is 9.47 Å². The van der Waals surface area contributed by atoms with Crippen LogP contribution in [0.2, 0.25) is 0 Å². The third-order valence-corrected chi connectivity index (χ3v) is 1.75. The maximum atomic E-state index is 11.3. The highest BCUT2D eigenvalue weighted by Crippen LogP contribution is 2.15. The number of esters is 1. The Bertz CT molecular complexity index is 214. The van der Waals surface area contributed by atoms with Gasteiger partial charge in [0.15, 0.2) is 0 Å². The first-order valence-electron chi connectivity index (χ1n) is 4.59. The number of carbonyl (C=O) groups excluding carboxylic acids is 1. The van der Waals surface area contributed by atoms with Crippen LogP contribution in [0.15, 0.2) is 11.6 Å². The number of ether oxygens (including phenoxy) is 2. The molecule has 0 amide bonds. The summed E-state index contributed by atoms with van der Waals surface area (Å²) in [5.74, 6) is -0.226. The topological polar surface area (TPSA) is 38.8 Å². The first-order chi connectivity index (χ1) is 6.09. The number of hydrogen-bond acceptors (Lipinski definition) is 3. The summed E-state index contributed by atoms with van der Waals surface area (Å²) in [5.41, 5.74) is 0.671. The highest BCUT2D eigenvalue weighted by molar-refractivity contribution is 5.87. The molecule has 74 valence electrons. The molecule has 13 heavy (non-hydrogen) atoms. The molecule has 0 saturated carbocycles. The normalized spacial score (nSPS) is 21.8. The molecule has 1 unspecified atom stereocenters. The van der Waals surface area contributed by atoms with Crippen molar-refractivity contribution in [2.75, 3.05) is 6.61 Å². The minimum Gasteiger partial charge on any atom is -0.460 e. The maximum absolute atomic E-state index is 11.3. The molecule has 0 aromatic heterocycles. The van der Waals surface area contributed by atoms with Gasteiger partial charge in [-0.25, -0.2) is 4.79 Å². The van der Waals surface area contributed by atoms with Crippen LogP contribution in [-0.4, -0.2) is 24.8 Å². The van der Waals surface area contributed by atoms with Gasteiger partial charge in [-0.15, -0.1) is 0 Å². The standard InChI is InChI=1S/C10H16O3/c1-7(2)13-10(11)8(3)4-5-9-6-12-9/h4,7,9H,5-6H2,1-3H3. The molecular weight excluding hydrogens is 168 g/mol. The van der Waals surface area contributed by atoms with E-state index in [9.17, 15) is 4.79 Å². The number of hydrogen-bond donors (Lipinski definition) is 0. The van der Waals surface area contributed by atoms with Gasteiger partial charge in [-0.05, 0) is 27.2 Å². The van der Waals surface area contributed by atoms with Crippen LogP contribution >= 0.6 is 0 Å². The van der Waals surface area contributed by atoms with Crippen LogP contribution in [0, 0.1) is 0 Å². The number of carbonyl (C=O) groups is 1. The second-order valence-electron chi connectivity index (χ2n) is 3.53. The monoisotopic (exact) mass is 184 g/mol. The van der Waals surface area contributed by atoms with Crippen molar-refractivity contribution in [1.82, 2.24) is 0 Å². The van der Waals surface area contributed by atoms with E-state index in [0.717, 1.165) is 13.0 Å². The van der Waals surface area contributed by atoms with E-state index in [-0.39, 0.29) is 12.1 Å². The lowest BCUT2D eigenvalue weighted by atomic mass is 10.2. The number of rotatable bonds is 4. The molecule has 3 nitrogen and oxygen atoms in total. The van der Waals surface area contributed by atoms with Crippen LogP contribution < -0.4 is 0 Å². The second kappa shape index (κ2) is 4.42. The summed E-state index contributed by atoms with van der Waals surface area (Å²) < 4.78 is 10.0. The minimum absolute atomic E-state index is 0.0481.